The van der Waals surface area contributed by atoms with E-state index in [0.29, 0.717) is 12.2 Å². The van der Waals surface area contributed by atoms with Gasteiger partial charge in [-0.3, -0.25) is 0 Å². The predicted molar refractivity (Wildman–Crippen MR) is 83.9 cm³/mol. The fraction of sp³-hybridized carbons (Fsp3) is 0.562. The number of hydrogen-bond donors (Lipinski definition) is 3. The van der Waals surface area contributed by atoms with Crippen LogP contribution in [-0.2, 0) is 0 Å². The molecule has 1 aliphatic rings. The molecule has 116 valence electrons. The first-order valence-corrected chi connectivity index (χ1v) is 7.59. The molecule has 5 nitrogen and oxygen atoms in total. The molecule has 0 radical (unpaired) electrons. The van der Waals surface area contributed by atoms with Crippen LogP contribution in [0.4, 0.5) is 0 Å². The van der Waals surface area contributed by atoms with Crippen molar-refractivity contribution < 1.29 is 9.94 Å². The van der Waals surface area contributed by atoms with E-state index < -0.39 is 0 Å². The predicted octanol–water partition coefficient (Wildman–Crippen LogP) is 2.47. The summed E-state index contributed by atoms with van der Waals surface area (Å²) in [6.45, 7) is 3.79. The van der Waals surface area contributed by atoms with Gasteiger partial charge in [0.05, 0.1) is 0 Å². The van der Waals surface area contributed by atoms with E-state index in [1.54, 1.807) is 12.1 Å². The van der Waals surface area contributed by atoms with Gasteiger partial charge >= 0.3 is 0 Å². The molecule has 0 amide bonds. The summed E-state index contributed by atoms with van der Waals surface area (Å²) in [5, 5.41) is 15.2. The Bertz CT molecular complexity index is 465. The van der Waals surface area contributed by atoms with Crippen LogP contribution in [0.5, 0.6) is 5.75 Å². The zero-order chi connectivity index (χ0) is 15.1. The number of benzene rings is 1. The van der Waals surface area contributed by atoms with Gasteiger partial charge in [0, 0.05) is 17.6 Å². The normalized spacial score (nSPS) is 18.4. The number of nitrogens with zero attached hydrogens (tertiary/aromatic N) is 1. The summed E-state index contributed by atoms with van der Waals surface area (Å²) in [5.74, 6) is 0.897. The molecule has 4 N–H and O–H groups in total. The molecule has 1 saturated carbocycles. The molecule has 0 saturated heterocycles. The molecular weight excluding hydrogens is 266 g/mol. The van der Waals surface area contributed by atoms with Crippen LogP contribution in [0.15, 0.2) is 29.4 Å². The molecular formula is C16H25N3O2. The summed E-state index contributed by atoms with van der Waals surface area (Å²) < 4.78 is 5.70. The van der Waals surface area contributed by atoms with Crippen LogP contribution in [0.25, 0.3) is 0 Å². The van der Waals surface area contributed by atoms with Gasteiger partial charge < -0.3 is 21.0 Å². The third kappa shape index (κ3) is 4.63. The summed E-state index contributed by atoms with van der Waals surface area (Å²) >= 11 is 0. The molecule has 0 aromatic heterocycles. The Morgan fingerprint density at radius 2 is 1.95 bits per heavy atom. The summed E-state index contributed by atoms with van der Waals surface area (Å²) in [5.41, 5.74) is 6.47. The number of amidine groups is 1. The lowest BCUT2D eigenvalue weighted by molar-refractivity contribution is 0.227. The third-order valence-electron chi connectivity index (χ3n) is 4.14. The average molecular weight is 291 g/mol. The fourth-order valence-electron chi connectivity index (χ4n) is 2.81. The molecule has 2 rings (SSSR count). The Morgan fingerprint density at radius 1 is 1.29 bits per heavy atom. The fourth-order valence-corrected chi connectivity index (χ4v) is 2.81. The highest BCUT2D eigenvalue weighted by Gasteiger charge is 2.25. The average Bonchev–Trinajstić information content (AvgIpc) is 2.52. The SMILES string of the molecule is CC1(NCCOc2ccc(C(N)=NO)cc2)CCCCC1. The Balaban J connectivity index is 1.73. The van der Waals surface area contributed by atoms with Crippen LogP contribution in [0, 0.1) is 0 Å². The molecule has 1 aromatic carbocycles. The van der Waals surface area contributed by atoms with E-state index in [9.17, 15) is 0 Å². The number of ether oxygens (including phenoxy) is 1. The molecule has 5 heteroatoms. The minimum absolute atomic E-state index is 0.105. The van der Waals surface area contributed by atoms with E-state index in [4.69, 9.17) is 15.7 Å². The lowest BCUT2D eigenvalue weighted by Gasteiger charge is -2.34. The van der Waals surface area contributed by atoms with E-state index in [1.165, 1.54) is 32.1 Å². The van der Waals surface area contributed by atoms with Crippen molar-refractivity contribution >= 4 is 5.84 Å². The van der Waals surface area contributed by atoms with Gasteiger partial charge in [-0.25, -0.2) is 0 Å². The first-order valence-electron chi connectivity index (χ1n) is 7.59. The minimum Gasteiger partial charge on any atom is -0.492 e. The van der Waals surface area contributed by atoms with Crippen LogP contribution in [0.1, 0.15) is 44.6 Å². The molecule has 1 aliphatic carbocycles. The standard InChI is InChI=1S/C16H25N3O2/c1-16(9-3-2-4-10-16)18-11-12-21-14-7-5-13(6-8-14)15(17)19-20/h5-8,18,20H,2-4,9-12H2,1H3,(H2,17,19). The van der Waals surface area contributed by atoms with Gasteiger partial charge in [-0.1, -0.05) is 24.4 Å². The maximum atomic E-state index is 8.60. The summed E-state index contributed by atoms with van der Waals surface area (Å²) in [4.78, 5) is 0. The van der Waals surface area contributed by atoms with Gasteiger partial charge in [0.15, 0.2) is 5.84 Å². The van der Waals surface area contributed by atoms with Crippen LogP contribution in [-0.4, -0.2) is 29.7 Å². The van der Waals surface area contributed by atoms with E-state index >= 15 is 0 Å². The minimum atomic E-state index is 0.105. The zero-order valence-electron chi connectivity index (χ0n) is 12.6. The molecule has 0 aliphatic heterocycles. The quantitative estimate of drug-likeness (QED) is 0.247. The van der Waals surface area contributed by atoms with E-state index in [0.717, 1.165) is 12.3 Å². The van der Waals surface area contributed by atoms with Crippen LogP contribution in [0.2, 0.25) is 0 Å². The van der Waals surface area contributed by atoms with Gasteiger partial charge in [0.2, 0.25) is 0 Å². The van der Waals surface area contributed by atoms with E-state index in [-0.39, 0.29) is 11.4 Å². The number of oxime groups is 1. The van der Waals surface area contributed by atoms with Crippen molar-refractivity contribution in [2.75, 3.05) is 13.2 Å². The molecule has 0 heterocycles. The Kier molecular flexibility index (Phi) is 5.44. The van der Waals surface area contributed by atoms with Crippen molar-refractivity contribution in [3.63, 3.8) is 0 Å². The highest BCUT2D eigenvalue weighted by atomic mass is 16.5. The largest absolute Gasteiger partial charge is 0.492 e. The molecule has 0 bridgehead atoms. The topological polar surface area (TPSA) is 79.9 Å². The zero-order valence-corrected chi connectivity index (χ0v) is 12.6. The van der Waals surface area contributed by atoms with E-state index in [1.807, 2.05) is 12.1 Å². The molecule has 1 aromatic rings. The number of rotatable bonds is 6. The van der Waals surface area contributed by atoms with Crippen molar-refractivity contribution in [1.82, 2.24) is 5.32 Å². The first kappa shape index (κ1) is 15.6. The first-order chi connectivity index (χ1) is 10.1. The molecule has 21 heavy (non-hydrogen) atoms. The highest BCUT2D eigenvalue weighted by Crippen LogP contribution is 2.27. The summed E-state index contributed by atoms with van der Waals surface area (Å²) in [6, 6.07) is 7.21. The maximum absolute atomic E-state index is 8.60. The van der Waals surface area contributed by atoms with Crippen molar-refractivity contribution in [3.8, 4) is 5.75 Å². The lowest BCUT2D eigenvalue weighted by Crippen LogP contribution is -2.45. The van der Waals surface area contributed by atoms with Crippen molar-refractivity contribution in [3.05, 3.63) is 29.8 Å². The van der Waals surface area contributed by atoms with Crippen molar-refractivity contribution in [2.45, 2.75) is 44.6 Å². The Labute approximate surface area is 126 Å². The molecule has 0 atom stereocenters. The van der Waals surface area contributed by atoms with Crippen molar-refractivity contribution in [2.24, 2.45) is 10.9 Å². The van der Waals surface area contributed by atoms with Gasteiger partial charge in [0.25, 0.3) is 0 Å². The van der Waals surface area contributed by atoms with Gasteiger partial charge in [-0.05, 0) is 44.0 Å². The molecule has 0 unspecified atom stereocenters. The van der Waals surface area contributed by atoms with Gasteiger partial charge in [0.1, 0.15) is 12.4 Å². The highest BCUT2D eigenvalue weighted by molar-refractivity contribution is 5.97. The molecule has 1 fully saturated rings. The Morgan fingerprint density at radius 3 is 2.57 bits per heavy atom. The second-order valence-electron chi connectivity index (χ2n) is 5.91. The lowest BCUT2D eigenvalue weighted by atomic mass is 9.83. The third-order valence-corrected chi connectivity index (χ3v) is 4.14. The Hall–Kier alpha value is -1.75. The summed E-state index contributed by atoms with van der Waals surface area (Å²) in [7, 11) is 0. The van der Waals surface area contributed by atoms with Crippen LogP contribution < -0.4 is 15.8 Å². The van der Waals surface area contributed by atoms with Crippen LogP contribution in [0.3, 0.4) is 0 Å². The number of hydrogen-bond acceptors (Lipinski definition) is 4. The second-order valence-corrected chi connectivity index (χ2v) is 5.91. The number of nitrogens with one attached hydrogen (secondary N) is 1. The number of nitrogens with two attached hydrogens (primary N) is 1. The smallest absolute Gasteiger partial charge is 0.170 e. The van der Waals surface area contributed by atoms with Crippen molar-refractivity contribution in [1.29, 1.82) is 0 Å². The monoisotopic (exact) mass is 291 g/mol. The van der Waals surface area contributed by atoms with Gasteiger partial charge in [-0.15, -0.1) is 0 Å². The maximum Gasteiger partial charge on any atom is 0.170 e. The van der Waals surface area contributed by atoms with Gasteiger partial charge in [-0.2, -0.15) is 0 Å². The van der Waals surface area contributed by atoms with Crippen LogP contribution >= 0.6 is 0 Å². The van der Waals surface area contributed by atoms with E-state index in [2.05, 4.69) is 17.4 Å². The molecule has 0 spiro atoms. The second kappa shape index (κ2) is 7.31. The summed E-state index contributed by atoms with van der Waals surface area (Å²) in [6.07, 6.45) is 6.50.